The summed E-state index contributed by atoms with van der Waals surface area (Å²) in [6.07, 6.45) is 1.66. The molecule has 0 bridgehead atoms. The molecule has 0 unspecified atom stereocenters. The number of halogens is 1. The zero-order valence-corrected chi connectivity index (χ0v) is 18.4. The molecule has 3 aromatic rings. The summed E-state index contributed by atoms with van der Waals surface area (Å²) in [4.78, 5) is 25.7. The van der Waals surface area contributed by atoms with E-state index in [9.17, 15) is 4.79 Å². The molecule has 2 aromatic heterocycles. The number of ether oxygens (including phenoxy) is 1. The maximum absolute atomic E-state index is 12.5. The SMILES string of the molecule is COc1ccc(Br)cc1-c1nc(CN2CCN(C(=O)c3ccccn3)CC2)cs1. The molecule has 1 fully saturated rings. The van der Waals surface area contributed by atoms with Crippen molar-refractivity contribution in [1.29, 1.82) is 0 Å². The number of nitrogens with zero attached hydrogens (tertiary/aromatic N) is 4. The molecule has 1 amide bonds. The van der Waals surface area contributed by atoms with Crippen molar-refractivity contribution in [3.05, 3.63) is 63.8 Å². The standard InChI is InChI=1S/C21H21BrN4O2S/c1-28-19-6-5-15(22)12-17(19)20-24-16(14-29-20)13-25-8-10-26(11-9-25)21(27)18-4-2-3-7-23-18/h2-7,12,14H,8-11,13H2,1H3. The average Bonchev–Trinajstić information content (AvgIpc) is 3.23. The summed E-state index contributed by atoms with van der Waals surface area (Å²) in [6.45, 7) is 3.83. The topological polar surface area (TPSA) is 58.6 Å². The number of carbonyl (C=O) groups is 1. The van der Waals surface area contributed by atoms with Crippen molar-refractivity contribution in [2.24, 2.45) is 0 Å². The average molecular weight is 473 g/mol. The molecule has 1 aliphatic heterocycles. The predicted molar refractivity (Wildman–Crippen MR) is 117 cm³/mol. The van der Waals surface area contributed by atoms with Gasteiger partial charge in [0.05, 0.1) is 18.4 Å². The molecule has 1 aliphatic rings. The number of piperazine rings is 1. The van der Waals surface area contributed by atoms with E-state index in [0.717, 1.165) is 46.1 Å². The third kappa shape index (κ3) is 4.66. The van der Waals surface area contributed by atoms with Crippen LogP contribution in [0.3, 0.4) is 0 Å². The third-order valence-electron chi connectivity index (χ3n) is 4.87. The van der Waals surface area contributed by atoms with Crippen molar-refractivity contribution in [1.82, 2.24) is 19.8 Å². The van der Waals surface area contributed by atoms with Gasteiger partial charge in [-0.2, -0.15) is 0 Å². The number of benzene rings is 1. The van der Waals surface area contributed by atoms with Crippen LogP contribution >= 0.6 is 27.3 Å². The van der Waals surface area contributed by atoms with Gasteiger partial charge in [-0.3, -0.25) is 14.7 Å². The van der Waals surface area contributed by atoms with Crippen LogP contribution in [0.15, 0.2) is 52.4 Å². The number of thiazole rings is 1. The van der Waals surface area contributed by atoms with Gasteiger partial charge in [0, 0.05) is 48.8 Å². The molecule has 150 valence electrons. The van der Waals surface area contributed by atoms with Crippen LogP contribution in [0, 0.1) is 0 Å². The third-order valence-corrected chi connectivity index (χ3v) is 6.29. The summed E-state index contributed by atoms with van der Waals surface area (Å²) in [5.41, 5.74) is 2.54. The zero-order valence-electron chi connectivity index (χ0n) is 16.0. The van der Waals surface area contributed by atoms with Crippen LogP contribution in [0.4, 0.5) is 0 Å². The highest BCUT2D eigenvalue weighted by Crippen LogP contribution is 2.34. The number of hydrogen-bond acceptors (Lipinski definition) is 6. The van der Waals surface area contributed by atoms with Crippen LogP contribution in [-0.4, -0.2) is 59.0 Å². The quantitative estimate of drug-likeness (QED) is 0.562. The summed E-state index contributed by atoms with van der Waals surface area (Å²) in [5, 5.41) is 3.04. The Bertz CT molecular complexity index is 987. The monoisotopic (exact) mass is 472 g/mol. The lowest BCUT2D eigenvalue weighted by Gasteiger charge is -2.34. The van der Waals surface area contributed by atoms with Crippen molar-refractivity contribution in [3.8, 4) is 16.3 Å². The lowest BCUT2D eigenvalue weighted by Crippen LogP contribution is -2.48. The normalized spacial score (nSPS) is 14.8. The summed E-state index contributed by atoms with van der Waals surface area (Å²) in [5.74, 6) is 0.818. The van der Waals surface area contributed by atoms with Gasteiger partial charge in [-0.1, -0.05) is 22.0 Å². The van der Waals surface area contributed by atoms with Crippen LogP contribution < -0.4 is 4.74 Å². The van der Waals surface area contributed by atoms with Gasteiger partial charge in [-0.15, -0.1) is 11.3 Å². The van der Waals surface area contributed by atoms with Gasteiger partial charge < -0.3 is 9.64 Å². The Hall–Kier alpha value is -2.29. The molecule has 1 saturated heterocycles. The van der Waals surface area contributed by atoms with E-state index in [0.29, 0.717) is 18.8 Å². The highest BCUT2D eigenvalue weighted by Gasteiger charge is 2.23. The number of methoxy groups -OCH3 is 1. The maximum Gasteiger partial charge on any atom is 0.272 e. The first-order chi connectivity index (χ1) is 14.1. The van der Waals surface area contributed by atoms with E-state index in [1.54, 1.807) is 30.7 Å². The van der Waals surface area contributed by atoms with Gasteiger partial charge in [0.1, 0.15) is 16.5 Å². The van der Waals surface area contributed by atoms with Crippen LogP contribution in [0.1, 0.15) is 16.2 Å². The van der Waals surface area contributed by atoms with E-state index in [-0.39, 0.29) is 5.91 Å². The van der Waals surface area contributed by atoms with E-state index in [1.165, 1.54) is 0 Å². The molecule has 0 saturated carbocycles. The number of carbonyl (C=O) groups excluding carboxylic acids is 1. The molecule has 0 N–H and O–H groups in total. The molecule has 29 heavy (non-hydrogen) atoms. The van der Waals surface area contributed by atoms with Gasteiger partial charge in [0.15, 0.2) is 0 Å². The highest BCUT2D eigenvalue weighted by atomic mass is 79.9. The molecular formula is C21H21BrN4O2S. The Balaban J connectivity index is 1.37. The first-order valence-corrected chi connectivity index (χ1v) is 11.0. The van der Waals surface area contributed by atoms with Crippen molar-refractivity contribution < 1.29 is 9.53 Å². The molecule has 0 aliphatic carbocycles. The molecule has 4 rings (SSSR count). The number of amides is 1. The smallest absolute Gasteiger partial charge is 0.272 e. The fourth-order valence-corrected chi connectivity index (χ4v) is 4.53. The van der Waals surface area contributed by atoms with Crippen LogP contribution in [-0.2, 0) is 6.54 Å². The van der Waals surface area contributed by atoms with Crippen molar-refractivity contribution >= 4 is 33.2 Å². The minimum absolute atomic E-state index is 0.00273. The van der Waals surface area contributed by atoms with E-state index in [1.807, 2.05) is 35.2 Å². The number of hydrogen-bond donors (Lipinski definition) is 0. The predicted octanol–water partition coefficient (Wildman–Crippen LogP) is 3.93. The van der Waals surface area contributed by atoms with E-state index < -0.39 is 0 Å². The first-order valence-electron chi connectivity index (χ1n) is 9.35. The molecule has 0 atom stereocenters. The number of aromatic nitrogens is 2. The van der Waals surface area contributed by atoms with Crippen molar-refractivity contribution in [3.63, 3.8) is 0 Å². The molecular weight excluding hydrogens is 452 g/mol. The Morgan fingerprint density at radius 1 is 1.21 bits per heavy atom. The summed E-state index contributed by atoms with van der Waals surface area (Å²) >= 11 is 5.14. The van der Waals surface area contributed by atoms with Gasteiger partial charge in [0.2, 0.25) is 0 Å². The zero-order chi connectivity index (χ0) is 20.2. The maximum atomic E-state index is 12.5. The first kappa shape index (κ1) is 20.0. The number of rotatable bonds is 5. The van der Waals surface area contributed by atoms with Crippen molar-refractivity contribution in [2.75, 3.05) is 33.3 Å². The largest absolute Gasteiger partial charge is 0.496 e. The van der Waals surface area contributed by atoms with E-state index in [2.05, 4.69) is 31.2 Å². The molecule has 8 heteroatoms. The summed E-state index contributed by atoms with van der Waals surface area (Å²) in [7, 11) is 1.67. The number of pyridine rings is 1. The Labute approximate surface area is 182 Å². The minimum atomic E-state index is 0.00273. The fraction of sp³-hybridized carbons (Fsp3) is 0.286. The van der Waals surface area contributed by atoms with Crippen molar-refractivity contribution in [2.45, 2.75) is 6.54 Å². The molecule has 6 nitrogen and oxygen atoms in total. The minimum Gasteiger partial charge on any atom is -0.496 e. The molecule has 3 heterocycles. The lowest BCUT2D eigenvalue weighted by molar-refractivity contribution is 0.0621. The Morgan fingerprint density at radius 2 is 2.03 bits per heavy atom. The van der Waals surface area contributed by atoms with Gasteiger partial charge in [-0.25, -0.2) is 4.98 Å². The summed E-state index contributed by atoms with van der Waals surface area (Å²) < 4.78 is 6.48. The second kappa shape index (κ2) is 9.02. The summed E-state index contributed by atoms with van der Waals surface area (Å²) in [6, 6.07) is 11.4. The van der Waals surface area contributed by atoms with Crippen LogP contribution in [0.2, 0.25) is 0 Å². The fourth-order valence-electron chi connectivity index (χ4n) is 3.34. The van der Waals surface area contributed by atoms with Gasteiger partial charge >= 0.3 is 0 Å². The Kier molecular flexibility index (Phi) is 6.22. The van der Waals surface area contributed by atoms with Gasteiger partial charge in [0.25, 0.3) is 5.91 Å². The second-order valence-electron chi connectivity index (χ2n) is 6.77. The highest BCUT2D eigenvalue weighted by molar-refractivity contribution is 9.10. The second-order valence-corrected chi connectivity index (χ2v) is 8.55. The van der Waals surface area contributed by atoms with Gasteiger partial charge in [-0.05, 0) is 30.3 Å². The Morgan fingerprint density at radius 3 is 2.76 bits per heavy atom. The van der Waals surface area contributed by atoms with E-state index in [4.69, 9.17) is 9.72 Å². The van der Waals surface area contributed by atoms with Crippen LogP contribution in [0.25, 0.3) is 10.6 Å². The molecule has 0 spiro atoms. The van der Waals surface area contributed by atoms with Crippen LogP contribution in [0.5, 0.6) is 5.75 Å². The van der Waals surface area contributed by atoms with E-state index >= 15 is 0 Å². The molecule has 1 aromatic carbocycles. The molecule has 0 radical (unpaired) electrons. The lowest BCUT2D eigenvalue weighted by atomic mass is 10.2.